The van der Waals surface area contributed by atoms with E-state index in [1.807, 2.05) is 0 Å². The normalized spacial score (nSPS) is 14.6. The summed E-state index contributed by atoms with van der Waals surface area (Å²) in [6.45, 7) is 1.64. The van der Waals surface area contributed by atoms with Crippen molar-refractivity contribution in [2.45, 2.75) is 26.2 Å². The molecule has 168 valence electrons. The molecule has 1 aliphatic carbocycles. The second-order valence-corrected chi connectivity index (χ2v) is 8.87. The summed E-state index contributed by atoms with van der Waals surface area (Å²) in [6, 6.07) is 11.6. The Bertz CT molecular complexity index is 1240. The smallest absolute Gasteiger partial charge is 0.340 e. The van der Waals surface area contributed by atoms with Crippen molar-refractivity contribution in [1.82, 2.24) is 0 Å². The fourth-order valence-electron chi connectivity index (χ4n) is 3.69. The van der Waals surface area contributed by atoms with Gasteiger partial charge >= 0.3 is 5.97 Å². The molecule has 2 N–H and O–H groups in total. The quantitative estimate of drug-likeness (QED) is 0.523. The summed E-state index contributed by atoms with van der Waals surface area (Å²) in [6.07, 6.45) is 4.09. The highest BCUT2D eigenvalue weighted by Gasteiger charge is 2.25. The summed E-state index contributed by atoms with van der Waals surface area (Å²) < 4.78 is 10.2. The first kappa shape index (κ1) is 22.3. The summed E-state index contributed by atoms with van der Waals surface area (Å²) in [7, 11) is 0. The summed E-state index contributed by atoms with van der Waals surface area (Å²) in [5.41, 5.74) is 1.83. The lowest BCUT2D eigenvalue weighted by atomic mass is 9.89. The molecule has 0 bridgehead atoms. The Hall–Kier alpha value is -3.90. The van der Waals surface area contributed by atoms with E-state index in [2.05, 4.69) is 23.6 Å². The number of nitrogens with zero attached hydrogens (tertiary/aromatic N) is 1. The van der Waals surface area contributed by atoms with Gasteiger partial charge in [-0.25, -0.2) is 4.79 Å². The van der Waals surface area contributed by atoms with Gasteiger partial charge in [-0.2, -0.15) is 5.26 Å². The molecule has 2 heterocycles. The maximum atomic E-state index is 12.6. The fourth-order valence-corrected chi connectivity index (χ4v) is 5.07. The predicted octanol–water partition coefficient (Wildman–Crippen LogP) is 4.39. The van der Waals surface area contributed by atoms with Gasteiger partial charge in [-0.1, -0.05) is 19.1 Å². The maximum Gasteiger partial charge on any atom is 0.340 e. The Balaban J connectivity index is 1.39. The molecule has 1 aliphatic rings. The third-order valence-corrected chi connectivity index (χ3v) is 6.52. The third-order valence-electron chi connectivity index (χ3n) is 5.35. The fraction of sp³-hybridized carbons (Fsp3) is 0.250. The minimum Gasteiger partial charge on any atom is -0.459 e. The van der Waals surface area contributed by atoms with Crippen LogP contribution in [0.5, 0.6) is 0 Å². The number of nitriles is 1. The molecule has 0 saturated heterocycles. The summed E-state index contributed by atoms with van der Waals surface area (Å²) in [5.74, 6) is -1.18. The third kappa shape index (κ3) is 4.96. The number of thiophene rings is 1. The number of carbonyl (C=O) groups excluding carboxylic acids is 3. The van der Waals surface area contributed by atoms with Gasteiger partial charge < -0.3 is 19.8 Å². The number of ether oxygens (including phenoxy) is 1. The summed E-state index contributed by atoms with van der Waals surface area (Å²) >= 11 is 1.41. The number of amides is 2. The molecule has 9 heteroatoms. The van der Waals surface area contributed by atoms with E-state index in [0.717, 1.165) is 29.7 Å². The zero-order valence-corrected chi connectivity index (χ0v) is 18.7. The number of carbonyl (C=O) groups is 3. The van der Waals surface area contributed by atoms with E-state index in [1.54, 1.807) is 24.3 Å². The lowest BCUT2D eigenvalue weighted by molar-refractivity contribution is -0.119. The van der Waals surface area contributed by atoms with Gasteiger partial charge in [0.05, 0.1) is 23.1 Å². The van der Waals surface area contributed by atoms with Crippen LogP contribution >= 0.6 is 11.3 Å². The largest absolute Gasteiger partial charge is 0.459 e. The second-order valence-electron chi connectivity index (χ2n) is 7.77. The Labute approximate surface area is 194 Å². The molecular formula is C24H21N3O5S. The van der Waals surface area contributed by atoms with E-state index in [0.29, 0.717) is 16.5 Å². The number of fused-ring (bicyclic) bond motifs is 1. The first-order valence-corrected chi connectivity index (χ1v) is 11.2. The highest BCUT2D eigenvalue weighted by Crippen LogP contribution is 2.39. The molecule has 4 rings (SSSR count). The van der Waals surface area contributed by atoms with Crippen molar-refractivity contribution < 1.29 is 23.5 Å². The van der Waals surface area contributed by atoms with Crippen LogP contribution in [0.15, 0.2) is 47.1 Å². The number of anilines is 2. The maximum absolute atomic E-state index is 12.6. The molecule has 1 atom stereocenters. The molecule has 0 saturated carbocycles. The number of furan rings is 1. The Morgan fingerprint density at radius 2 is 2.03 bits per heavy atom. The van der Waals surface area contributed by atoms with Gasteiger partial charge in [-0.05, 0) is 55.0 Å². The molecule has 8 nitrogen and oxygen atoms in total. The second kappa shape index (κ2) is 9.71. The van der Waals surface area contributed by atoms with E-state index in [4.69, 9.17) is 9.15 Å². The van der Waals surface area contributed by atoms with E-state index in [-0.39, 0.29) is 17.0 Å². The van der Waals surface area contributed by atoms with Gasteiger partial charge in [0.1, 0.15) is 11.1 Å². The lowest BCUT2D eigenvalue weighted by Crippen LogP contribution is -2.22. The molecule has 1 unspecified atom stereocenters. The molecular weight excluding hydrogens is 442 g/mol. The molecule has 0 spiro atoms. The van der Waals surface area contributed by atoms with Crippen LogP contribution in [0.2, 0.25) is 0 Å². The van der Waals surface area contributed by atoms with Gasteiger partial charge in [0, 0.05) is 4.88 Å². The minimum atomic E-state index is -0.764. The number of nitrogens with one attached hydrogen (secondary N) is 2. The first-order valence-electron chi connectivity index (χ1n) is 10.4. The molecule has 2 aromatic heterocycles. The number of esters is 1. The van der Waals surface area contributed by atoms with E-state index in [9.17, 15) is 19.6 Å². The van der Waals surface area contributed by atoms with Crippen molar-refractivity contribution in [2.75, 3.05) is 17.2 Å². The van der Waals surface area contributed by atoms with Gasteiger partial charge in [0.15, 0.2) is 12.4 Å². The predicted molar refractivity (Wildman–Crippen MR) is 122 cm³/mol. The molecule has 33 heavy (non-hydrogen) atoms. The van der Waals surface area contributed by atoms with Crippen molar-refractivity contribution in [1.29, 1.82) is 5.26 Å². The lowest BCUT2D eigenvalue weighted by Gasteiger charge is -2.17. The van der Waals surface area contributed by atoms with Crippen molar-refractivity contribution in [2.24, 2.45) is 5.92 Å². The number of para-hydroxylation sites is 1. The van der Waals surface area contributed by atoms with E-state index < -0.39 is 24.4 Å². The Morgan fingerprint density at radius 1 is 1.21 bits per heavy atom. The zero-order valence-electron chi connectivity index (χ0n) is 17.8. The average molecular weight is 464 g/mol. The molecule has 1 aromatic carbocycles. The van der Waals surface area contributed by atoms with Crippen molar-refractivity contribution in [3.05, 3.63) is 70.0 Å². The van der Waals surface area contributed by atoms with Gasteiger partial charge in [0.2, 0.25) is 0 Å². The van der Waals surface area contributed by atoms with Crippen molar-refractivity contribution >= 4 is 39.8 Å². The summed E-state index contributed by atoms with van der Waals surface area (Å²) in [5, 5.41) is 15.4. The highest BCUT2D eigenvalue weighted by molar-refractivity contribution is 7.16. The van der Waals surface area contributed by atoms with E-state index >= 15 is 0 Å². The van der Waals surface area contributed by atoms with E-state index in [1.165, 1.54) is 29.7 Å². The molecule has 0 aliphatic heterocycles. The first-order chi connectivity index (χ1) is 16.0. The Kier molecular flexibility index (Phi) is 6.56. The van der Waals surface area contributed by atoms with Crippen LogP contribution < -0.4 is 10.6 Å². The molecule has 3 aromatic rings. The van der Waals surface area contributed by atoms with Gasteiger partial charge in [-0.3, -0.25) is 9.59 Å². The molecule has 0 radical (unpaired) electrons. The van der Waals surface area contributed by atoms with Crippen LogP contribution in [0.3, 0.4) is 0 Å². The van der Waals surface area contributed by atoms with Crippen LogP contribution in [0.1, 0.15) is 50.3 Å². The monoisotopic (exact) mass is 463 g/mol. The van der Waals surface area contributed by atoms with Crippen LogP contribution in [-0.2, 0) is 22.4 Å². The summed E-state index contributed by atoms with van der Waals surface area (Å²) in [4.78, 5) is 38.4. The zero-order chi connectivity index (χ0) is 23.4. The van der Waals surface area contributed by atoms with Crippen molar-refractivity contribution in [3.63, 3.8) is 0 Å². The van der Waals surface area contributed by atoms with Gasteiger partial charge in [-0.15, -0.1) is 11.3 Å². The SMILES string of the molecule is CC1CCc2c(sc(NC(=O)COC(=O)c3ccccc3NC(=O)c3ccco3)c2C#N)C1. The number of hydrogen-bond acceptors (Lipinski definition) is 7. The van der Waals surface area contributed by atoms with Crippen LogP contribution in [-0.4, -0.2) is 24.4 Å². The topological polar surface area (TPSA) is 121 Å². The standard InChI is InChI=1S/C24H21N3O5S/c1-14-8-9-15-17(12-25)23(33-20(15)11-14)27-21(28)13-32-24(30)16-5-2-3-6-18(16)26-22(29)19-7-4-10-31-19/h2-7,10,14H,8-9,11,13H2,1H3,(H,26,29)(H,27,28). The van der Waals surface area contributed by atoms with Crippen LogP contribution in [0, 0.1) is 17.2 Å². The molecule has 2 amide bonds. The Morgan fingerprint density at radius 3 is 2.79 bits per heavy atom. The van der Waals surface area contributed by atoms with Crippen molar-refractivity contribution in [3.8, 4) is 6.07 Å². The minimum absolute atomic E-state index is 0.0962. The molecule has 0 fully saturated rings. The number of hydrogen-bond donors (Lipinski definition) is 2. The number of benzene rings is 1. The van der Waals surface area contributed by atoms with Crippen LogP contribution in [0.25, 0.3) is 0 Å². The average Bonchev–Trinajstić information content (AvgIpc) is 3.45. The highest BCUT2D eigenvalue weighted by atomic mass is 32.1. The van der Waals surface area contributed by atoms with Crippen LogP contribution in [0.4, 0.5) is 10.7 Å². The number of rotatable bonds is 6. The van der Waals surface area contributed by atoms with Gasteiger partial charge in [0.25, 0.3) is 11.8 Å².